The largest absolute Gasteiger partial charge is 0.483 e. The van der Waals surface area contributed by atoms with E-state index >= 15 is 0 Å². The standard InChI is InChI=1S/C14H22N2O3/c1-11-4-3-5-12(2)14(11)19-10-13(17)16-7-9-18-8-6-15/h3-5H,6-10,15H2,1-2H3,(H,16,17). The lowest BCUT2D eigenvalue weighted by atomic mass is 10.1. The van der Waals surface area contributed by atoms with E-state index in [1.54, 1.807) is 0 Å². The van der Waals surface area contributed by atoms with E-state index in [0.29, 0.717) is 26.3 Å². The number of benzene rings is 1. The van der Waals surface area contributed by atoms with E-state index in [1.807, 2.05) is 32.0 Å². The normalized spacial score (nSPS) is 10.3. The SMILES string of the molecule is Cc1cccc(C)c1OCC(=O)NCCOCCN. The molecule has 0 aliphatic carbocycles. The third-order valence-electron chi connectivity index (χ3n) is 2.59. The summed E-state index contributed by atoms with van der Waals surface area (Å²) in [5, 5.41) is 2.72. The van der Waals surface area contributed by atoms with Crippen LogP contribution in [0.3, 0.4) is 0 Å². The van der Waals surface area contributed by atoms with Crippen LogP contribution in [0.4, 0.5) is 0 Å². The summed E-state index contributed by atoms with van der Waals surface area (Å²) in [7, 11) is 0. The minimum Gasteiger partial charge on any atom is -0.483 e. The molecule has 0 saturated heterocycles. The number of aryl methyl sites for hydroxylation is 2. The van der Waals surface area contributed by atoms with Crippen molar-refractivity contribution in [1.82, 2.24) is 5.32 Å². The van der Waals surface area contributed by atoms with Crippen LogP contribution in [0, 0.1) is 13.8 Å². The Bertz CT molecular complexity index is 387. The Balaban J connectivity index is 2.26. The van der Waals surface area contributed by atoms with Crippen molar-refractivity contribution in [2.24, 2.45) is 5.73 Å². The third-order valence-corrected chi connectivity index (χ3v) is 2.59. The van der Waals surface area contributed by atoms with Gasteiger partial charge in [0.05, 0.1) is 13.2 Å². The molecule has 1 rings (SSSR count). The predicted octanol–water partition coefficient (Wildman–Crippen LogP) is 0.774. The summed E-state index contributed by atoms with van der Waals surface area (Å²) in [6.07, 6.45) is 0. The smallest absolute Gasteiger partial charge is 0.258 e. The fraction of sp³-hybridized carbons (Fsp3) is 0.500. The molecule has 0 fully saturated rings. The van der Waals surface area contributed by atoms with Gasteiger partial charge in [-0.15, -0.1) is 0 Å². The van der Waals surface area contributed by atoms with Gasteiger partial charge < -0.3 is 20.5 Å². The van der Waals surface area contributed by atoms with Crippen molar-refractivity contribution in [3.63, 3.8) is 0 Å². The number of nitrogens with one attached hydrogen (secondary N) is 1. The van der Waals surface area contributed by atoms with Crippen LogP contribution in [0.15, 0.2) is 18.2 Å². The Morgan fingerprint density at radius 2 is 1.95 bits per heavy atom. The first kappa shape index (κ1) is 15.5. The number of carbonyl (C=O) groups excluding carboxylic acids is 1. The summed E-state index contributed by atoms with van der Waals surface area (Å²) in [6.45, 7) is 5.87. The Kier molecular flexibility index (Phi) is 6.92. The molecule has 1 amide bonds. The van der Waals surface area contributed by atoms with Gasteiger partial charge in [0, 0.05) is 13.1 Å². The molecule has 0 aromatic heterocycles. The lowest BCUT2D eigenvalue weighted by Crippen LogP contribution is -2.32. The van der Waals surface area contributed by atoms with Crippen LogP contribution in [-0.2, 0) is 9.53 Å². The Morgan fingerprint density at radius 1 is 1.26 bits per heavy atom. The molecule has 0 bridgehead atoms. The van der Waals surface area contributed by atoms with Crippen molar-refractivity contribution in [1.29, 1.82) is 0 Å². The van der Waals surface area contributed by atoms with Gasteiger partial charge in [-0.2, -0.15) is 0 Å². The average molecular weight is 266 g/mol. The van der Waals surface area contributed by atoms with Gasteiger partial charge in [0.2, 0.25) is 0 Å². The molecule has 0 radical (unpaired) electrons. The van der Waals surface area contributed by atoms with Gasteiger partial charge >= 0.3 is 0 Å². The highest BCUT2D eigenvalue weighted by atomic mass is 16.5. The fourth-order valence-corrected chi connectivity index (χ4v) is 1.66. The minimum absolute atomic E-state index is 0.0165. The molecule has 0 unspecified atom stereocenters. The van der Waals surface area contributed by atoms with E-state index in [1.165, 1.54) is 0 Å². The summed E-state index contributed by atoms with van der Waals surface area (Å²) < 4.78 is 10.7. The highest BCUT2D eigenvalue weighted by Crippen LogP contribution is 2.21. The fourth-order valence-electron chi connectivity index (χ4n) is 1.66. The minimum atomic E-state index is -0.154. The lowest BCUT2D eigenvalue weighted by Gasteiger charge is -2.12. The van der Waals surface area contributed by atoms with Gasteiger partial charge in [0.1, 0.15) is 5.75 Å². The van der Waals surface area contributed by atoms with Gasteiger partial charge in [0.25, 0.3) is 5.91 Å². The maximum absolute atomic E-state index is 11.6. The van der Waals surface area contributed by atoms with Crippen molar-refractivity contribution >= 4 is 5.91 Å². The predicted molar refractivity (Wildman–Crippen MR) is 74.3 cm³/mol. The van der Waals surface area contributed by atoms with Gasteiger partial charge in [-0.05, 0) is 25.0 Å². The summed E-state index contributed by atoms with van der Waals surface area (Å²) in [5.41, 5.74) is 7.33. The quantitative estimate of drug-likeness (QED) is 0.682. The average Bonchev–Trinajstić information content (AvgIpc) is 2.38. The van der Waals surface area contributed by atoms with Crippen molar-refractivity contribution < 1.29 is 14.3 Å². The van der Waals surface area contributed by atoms with Crippen LogP contribution in [0.25, 0.3) is 0 Å². The van der Waals surface area contributed by atoms with Crippen molar-refractivity contribution in [3.8, 4) is 5.75 Å². The molecule has 0 aliphatic rings. The van der Waals surface area contributed by atoms with Crippen molar-refractivity contribution in [2.75, 3.05) is 32.9 Å². The van der Waals surface area contributed by atoms with E-state index in [2.05, 4.69) is 5.32 Å². The highest BCUT2D eigenvalue weighted by molar-refractivity contribution is 5.77. The van der Waals surface area contributed by atoms with Crippen LogP contribution in [0.1, 0.15) is 11.1 Å². The third kappa shape index (κ3) is 5.72. The summed E-state index contributed by atoms with van der Waals surface area (Å²) in [6, 6.07) is 5.88. The molecular formula is C14H22N2O3. The second-order valence-corrected chi connectivity index (χ2v) is 4.26. The number of rotatable bonds is 8. The number of hydrogen-bond donors (Lipinski definition) is 2. The number of para-hydroxylation sites is 1. The van der Waals surface area contributed by atoms with Crippen molar-refractivity contribution in [3.05, 3.63) is 29.3 Å². The van der Waals surface area contributed by atoms with Gasteiger partial charge in [-0.25, -0.2) is 0 Å². The van der Waals surface area contributed by atoms with Gasteiger partial charge in [0.15, 0.2) is 6.61 Å². The van der Waals surface area contributed by atoms with E-state index < -0.39 is 0 Å². The molecule has 106 valence electrons. The molecular weight excluding hydrogens is 244 g/mol. The second kappa shape index (κ2) is 8.50. The Labute approximate surface area is 114 Å². The van der Waals surface area contributed by atoms with E-state index in [9.17, 15) is 4.79 Å². The molecule has 1 aromatic rings. The van der Waals surface area contributed by atoms with E-state index in [4.69, 9.17) is 15.2 Å². The first-order valence-electron chi connectivity index (χ1n) is 6.38. The van der Waals surface area contributed by atoms with E-state index in [0.717, 1.165) is 16.9 Å². The zero-order chi connectivity index (χ0) is 14.1. The first-order chi connectivity index (χ1) is 9.15. The van der Waals surface area contributed by atoms with Crippen molar-refractivity contribution in [2.45, 2.75) is 13.8 Å². The number of nitrogens with two attached hydrogens (primary N) is 1. The summed E-state index contributed by atoms with van der Waals surface area (Å²) >= 11 is 0. The number of carbonyl (C=O) groups is 1. The number of hydrogen-bond acceptors (Lipinski definition) is 4. The monoisotopic (exact) mass is 266 g/mol. The van der Waals surface area contributed by atoms with Crippen LogP contribution in [-0.4, -0.2) is 38.8 Å². The molecule has 19 heavy (non-hydrogen) atoms. The molecule has 0 saturated carbocycles. The molecule has 0 atom stereocenters. The highest BCUT2D eigenvalue weighted by Gasteiger charge is 2.06. The molecule has 0 heterocycles. The number of amides is 1. The van der Waals surface area contributed by atoms with Gasteiger partial charge in [-0.3, -0.25) is 4.79 Å². The summed E-state index contributed by atoms with van der Waals surface area (Å²) in [5.74, 6) is 0.621. The maximum atomic E-state index is 11.6. The van der Waals surface area contributed by atoms with E-state index in [-0.39, 0.29) is 12.5 Å². The van der Waals surface area contributed by atoms with Crippen LogP contribution >= 0.6 is 0 Å². The van der Waals surface area contributed by atoms with Crippen LogP contribution in [0.2, 0.25) is 0 Å². The van der Waals surface area contributed by atoms with Crippen LogP contribution in [0.5, 0.6) is 5.75 Å². The Hall–Kier alpha value is -1.59. The first-order valence-corrected chi connectivity index (χ1v) is 6.38. The molecule has 5 heteroatoms. The Morgan fingerprint density at radius 3 is 2.58 bits per heavy atom. The van der Waals surface area contributed by atoms with Gasteiger partial charge in [-0.1, -0.05) is 18.2 Å². The zero-order valence-electron chi connectivity index (χ0n) is 11.6. The number of ether oxygens (including phenoxy) is 2. The topological polar surface area (TPSA) is 73.6 Å². The zero-order valence-corrected chi connectivity index (χ0v) is 11.6. The molecule has 5 nitrogen and oxygen atoms in total. The molecule has 0 spiro atoms. The lowest BCUT2D eigenvalue weighted by molar-refractivity contribution is -0.123. The van der Waals surface area contributed by atoms with Crippen LogP contribution < -0.4 is 15.8 Å². The molecule has 3 N–H and O–H groups in total. The maximum Gasteiger partial charge on any atom is 0.258 e. The molecule has 1 aromatic carbocycles. The summed E-state index contributed by atoms with van der Waals surface area (Å²) in [4.78, 5) is 11.6. The second-order valence-electron chi connectivity index (χ2n) is 4.26. The molecule has 0 aliphatic heterocycles.